The molecule has 0 radical (unpaired) electrons. The molecule has 1 aliphatic rings. The van der Waals surface area contributed by atoms with Gasteiger partial charge in [-0.3, -0.25) is 14.7 Å². The van der Waals surface area contributed by atoms with E-state index in [1.165, 1.54) is 10.7 Å². The smallest absolute Gasteiger partial charge is 0.272 e. The van der Waals surface area contributed by atoms with Gasteiger partial charge in [0.1, 0.15) is 17.5 Å². The number of aromatic nitrogens is 4. The second-order valence-corrected chi connectivity index (χ2v) is 6.85. The molecule has 0 bridgehead atoms. The molecule has 0 spiro atoms. The van der Waals surface area contributed by atoms with Crippen LogP contribution in [0.25, 0.3) is 11.3 Å². The number of amides is 1. The molecule has 2 unspecified atom stereocenters. The monoisotopic (exact) mass is 395 g/mol. The van der Waals surface area contributed by atoms with Gasteiger partial charge in [-0.1, -0.05) is 12.1 Å². The molecule has 2 aromatic heterocycles. The van der Waals surface area contributed by atoms with Crippen molar-refractivity contribution in [3.8, 4) is 17.0 Å². The van der Waals surface area contributed by atoms with E-state index < -0.39 is 12.1 Å². The zero-order valence-corrected chi connectivity index (χ0v) is 16.1. The van der Waals surface area contributed by atoms with Gasteiger partial charge in [0.15, 0.2) is 0 Å². The SMILES string of the molecule is COc1cccc(-c2ccc(=O)n(C3COCC3NC(=O)c3cc(C)[nH]n3)n2)c1. The number of aryl methyl sites for hydroxylation is 1. The zero-order valence-electron chi connectivity index (χ0n) is 16.1. The van der Waals surface area contributed by atoms with Gasteiger partial charge in [-0.05, 0) is 31.2 Å². The summed E-state index contributed by atoms with van der Waals surface area (Å²) < 4.78 is 12.2. The second kappa shape index (κ2) is 7.88. The number of methoxy groups -OCH3 is 1. The third kappa shape index (κ3) is 3.90. The van der Waals surface area contributed by atoms with Gasteiger partial charge in [-0.25, -0.2) is 4.68 Å². The Morgan fingerprint density at radius 1 is 1.28 bits per heavy atom. The summed E-state index contributed by atoms with van der Waals surface area (Å²) in [6.07, 6.45) is 0. The van der Waals surface area contributed by atoms with Crippen molar-refractivity contribution >= 4 is 5.91 Å². The first-order valence-corrected chi connectivity index (χ1v) is 9.20. The van der Waals surface area contributed by atoms with E-state index in [1.807, 2.05) is 31.2 Å². The van der Waals surface area contributed by atoms with Crippen molar-refractivity contribution in [1.82, 2.24) is 25.3 Å². The average Bonchev–Trinajstić information content (AvgIpc) is 3.37. The summed E-state index contributed by atoms with van der Waals surface area (Å²) >= 11 is 0. The minimum absolute atomic E-state index is 0.262. The van der Waals surface area contributed by atoms with E-state index >= 15 is 0 Å². The molecule has 3 heterocycles. The minimum atomic E-state index is -0.419. The number of hydrogen-bond donors (Lipinski definition) is 2. The van der Waals surface area contributed by atoms with Gasteiger partial charge in [-0.2, -0.15) is 10.2 Å². The highest BCUT2D eigenvalue weighted by Crippen LogP contribution is 2.23. The van der Waals surface area contributed by atoms with Crippen molar-refractivity contribution in [2.75, 3.05) is 20.3 Å². The fourth-order valence-corrected chi connectivity index (χ4v) is 3.30. The van der Waals surface area contributed by atoms with Crippen LogP contribution in [0.4, 0.5) is 0 Å². The van der Waals surface area contributed by atoms with Crippen LogP contribution >= 0.6 is 0 Å². The van der Waals surface area contributed by atoms with Gasteiger partial charge >= 0.3 is 0 Å². The van der Waals surface area contributed by atoms with Crippen LogP contribution in [-0.2, 0) is 4.74 Å². The summed E-state index contributed by atoms with van der Waals surface area (Å²) in [5, 5.41) is 14.1. The Labute approximate surface area is 166 Å². The molecule has 4 rings (SSSR count). The van der Waals surface area contributed by atoms with Gasteiger partial charge in [0.25, 0.3) is 11.5 Å². The second-order valence-electron chi connectivity index (χ2n) is 6.85. The fourth-order valence-electron chi connectivity index (χ4n) is 3.30. The predicted molar refractivity (Wildman–Crippen MR) is 105 cm³/mol. The van der Waals surface area contributed by atoms with Crippen molar-refractivity contribution in [2.24, 2.45) is 0 Å². The van der Waals surface area contributed by atoms with Crippen molar-refractivity contribution in [1.29, 1.82) is 0 Å². The highest BCUT2D eigenvalue weighted by atomic mass is 16.5. The maximum absolute atomic E-state index is 12.5. The van der Waals surface area contributed by atoms with Gasteiger partial charge in [0.2, 0.25) is 0 Å². The summed E-state index contributed by atoms with van der Waals surface area (Å²) in [6.45, 7) is 2.38. The highest BCUT2D eigenvalue weighted by Gasteiger charge is 2.33. The van der Waals surface area contributed by atoms with Crippen LogP contribution in [0, 0.1) is 6.92 Å². The van der Waals surface area contributed by atoms with Crippen molar-refractivity contribution in [2.45, 2.75) is 19.0 Å². The zero-order chi connectivity index (χ0) is 20.4. The number of aromatic amines is 1. The van der Waals surface area contributed by atoms with Crippen molar-refractivity contribution in [3.63, 3.8) is 0 Å². The van der Waals surface area contributed by atoms with Gasteiger partial charge < -0.3 is 14.8 Å². The molecule has 1 amide bonds. The molecule has 0 aliphatic carbocycles. The quantitative estimate of drug-likeness (QED) is 0.674. The first-order valence-electron chi connectivity index (χ1n) is 9.20. The number of nitrogens with zero attached hydrogens (tertiary/aromatic N) is 3. The highest BCUT2D eigenvalue weighted by molar-refractivity contribution is 5.92. The summed E-state index contributed by atoms with van der Waals surface area (Å²) in [4.78, 5) is 25.0. The third-order valence-corrected chi connectivity index (χ3v) is 4.81. The predicted octanol–water partition coefficient (Wildman–Crippen LogP) is 1.32. The molecule has 150 valence electrons. The molecule has 1 aromatic carbocycles. The van der Waals surface area contributed by atoms with E-state index in [2.05, 4.69) is 20.6 Å². The Morgan fingerprint density at radius 2 is 2.14 bits per heavy atom. The third-order valence-electron chi connectivity index (χ3n) is 4.81. The van der Waals surface area contributed by atoms with Crippen LogP contribution < -0.4 is 15.6 Å². The number of benzene rings is 1. The Morgan fingerprint density at radius 3 is 2.90 bits per heavy atom. The Balaban J connectivity index is 1.61. The molecule has 9 heteroatoms. The number of rotatable bonds is 5. The minimum Gasteiger partial charge on any atom is -0.497 e. The van der Waals surface area contributed by atoms with Gasteiger partial charge in [-0.15, -0.1) is 0 Å². The van der Waals surface area contributed by atoms with E-state index in [0.29, 0.717) is 17.1 Å². The lowest BCUT2D eigenvalue weighted by Gasteiger charge is -2.20. The van der Waals surface area contributed by atoms with Crippen LogP contribution in [0.3, 0.4) is 0 Å². The topological polar surface area (TPSA) is 111 Å². The molecule has 0 saturated carbocycles. The van der Waals surface area contributed by atoms with E-state index in [-0.39, 0.29) is 24.7 Å². The number of H-pyrrole nitrogens is 1. The van der Waals surface area contributed by atoms with E-state index in [4.69, 9.17) is 9.47 Å². The molecule has 1 aliphatic heterocycles. The molecule has 1 fully saturated rings. The summed E-state index contributed by atoms with van der Waals surface area (Å²) in [5.74, 6) is 0.373. The lowest BCUT2D eigenvalue weighted by Crippen LogP contribution is -2.44. The Bertz CT molecular complexity index is 1090. The Hall–Kier alpha value is -3.46. The lowest BCUT2D eigenvalue weighted by molar-refractivity contribution is 0.0919. The largest absolute Gasteiger partial charge is 0.497 e. The first kappa shape index (κ1) is 18.9. The molecule has 1 saturated heterocycles. The molecular formula is C20H21N5O4. The molecule has 2 N–H and O–H groups in total. The molecule has 9 nitrogen and oxygen atoms in total. The Kier molecular flexibility index (Phi) is 5.13. The maximum Gasteiger partial charge on any atom is 0.272 e. The number of hydrogen-bond acceptors (Lipinski definition) is 6. The van der Waals surface area contributed by atoms with Crippen LogP contribution in [0.1, 0.15) is 22.2 Å². The molecule has 2 atom stereocenters. The maximum atomic E-state index is 12.5. The number of carbonyl (C=O) groups is 1. The van der Waals surface area contributed by atoms with Gasteiger partial charge in [0.05, 0.1) is 32.1 Å². The van der Waals surface area contributed by atoms with E-state index in [0.717, 1.165) is 11.3 Å². The van der Waals surface area contributed by atoms with Gasteiger partial charge in [0, 0.05) is 17.3 Å². The normalized spacial score (nSPS) is 18.6. The average molecular weight is 395 g/mol. The van der Waals surface area contributed by atoms with E-state index in [9.17, 15) is 9.59 Å². The number of nitrogens with one attached hydrogen (secondary N) is 2. The van der Waals surface area contributed by atoms with Crippen LogP contribution in [0.15, 0.2) is 47.3 Å². The van der Waals surface area contributed by atoms with E-state index in [1.54, 1.807) is 19.2 Å². The van der Waals surface area contributed by atoms with Crippen LogP contribution in [0.5, 0.6) is 5.75 Å². The number of ether oxygens (including phenoxy) is 2. The van der Waals surface area contributed by atoms with Crippen molar-refractivity contribution in [3.05, 3.63) is 64.2 Å². The molecule has 3 aromatic rings. The van der Waals surface area contributed by atoms with Crippen LogP contribution in [0.2, 0.25) is 0 Å². The fraction of sp³-hybridized carbons (Fsp3) is 0.300. The summed E-state index contributed by atoms with van der Waals surface area (Å²) in [5.41, 5.74) is 2.27. The molecule has 29 heavy (non-hydrogen) atoms. The molecular weight excluding hydrogens is 374 g/mol. The number of carbonyl (C=O) groups excluding carboxylic acids is 1. The van der Waals surface area contributed by atoms with Crippen LogP contribution in [-0.4, -0.2) is 52.3 Å². The summed E-state index contributed by atoms with van der Waals surface area (Å²) in [7, 11) is 1.59. The standard InChI is InChI=1S/C20H21N5O4/c1-12-8-16(23-22-12)20(27)21-17-10-29-11-18(17)25-19(26)7-6-15(24-25)13-4-3-5-14(9-13)28-2/h3-9,17-18H,10-11H2,1-2H3,(H,21,27)(H,22,23). The van der Waals surface area contributed by atoms with Crippen molar-refractivity contribution < 1.29 is 14.3 Å². The lowest BCUT2D eigenvalue weighted by atomic mass is 10.1. The summed E-state index contributed by atoms with van der Waals surface area (Å²) in [6, 6.07) is 11.4. The first-order chi connectivity index (χ1) is 14.0.